The molecule has 0 heterocycles. The van der Waals surface area contributed by atoms with Crippen LogP contribution in [0, 0.1) is 6.92 Å². The fourth-order valence-corrected chi connectivity index (χ4v) is 1.23. The van der Waals surface area contributed by atoms with Crippen LogP contribution in [0.5, 0.6) is 0 Å². The van der Waals surface area contributed by atoms with Crippen LogP contribution in [-0.2, 0) is 9.53 Å². The molecule has 1 aromatic rings. The fourth-order valence-electron chi connectivity index (χ4n) is 1.23. The minimum atomic E-state index is -1.25. The van der Waals surface area contributed by atoms with E-state index in [4.69, 9.17) is 9.84 Å². The SMILES string of the molecule is [CH2]C(OC(=O)c1ccccc1C(=O)O)C(=O)C=C. The molecule has 0 aliphatic carbocycles. The van der Waals surface area contributed by atoms with Gasteiger partial charge in [0.1, 0.15) is 0 Å². The number of benzene rings is 1. The molecule has 18 heavy (non-hydrogen) atoms. The van der Waals surface area contributed by atoms with Gasteiger partial charge in [0.2, 0.25) is 0 Å². The Morgan fingerprint density at radius 2 is 1.78 bits per heavy atom. The number of aromatic carboxylic acids is 1. The second-order valence-corrected chi connectivity index (χ2v) is 3.35. The van der Waals surface area contributed by atoms with Gasteiger partial charge in [0.15, 0.2) is 11.9 Å². The molecule has 1 radical (unpaired) electrons. The number of hydrogen-bond acceptors (Lipinski definition) is 4. The number of carboxylic acid groups (broad SMARTS) is 1. The van der Waals surface area contributed by atoms with Crippen LogP contribution in [0.3, 0.4) is 0 Å². The van der Waals surface area contributed by atoms with Gasteiger partial charge < -0.3 is 9.84 Å². The first-order valence-electron chi connectivity index (χ1n) is 5.00. The number of ketones is 1. The van der Waals surface area contributed by atoms with Gasteiger partial charge in [-0.05, 0) is 25.1 Å². The molecule has 0 saturated carbocycles. The summed E-state index contributed by atoms with van der Waals surface area (Å²) in [6.07, 6.45) is -0.259. The molecule has 1 N–H and O–H groups in total. The predicted molar refractivity (Wildman–Crippen MR) is 63.2 cm³/mol. The quantitative estimate of drug-likeness (QED) is 0.630. The monoisotopic (exact) mass is 247 g/mol. The van der Waals surface area contributed by atoms with Crippen LogP contribution >= 0.6 is 0 Å². The average molecular weight is 247 g/mol. The Balaban J connectivity index is 2.94. The number of rotatable bonds is 5. The van der Waals surface area contributed by atoms with Gasteiger partial charge in [0, 0.05) is 0 Å². The van der Waals surface area contributed by atoms with E-state index in [0.29, 0.717) is 0 Å². The first-order valence-corrected chi connectivity index (χ1v) is 5.00. The highest BCUT2D eigenvalue weighted by atomic mass is 16.5. The Bertz CT molecular complexity index is 504. The van der Waals surface area contributed by atoms with Crippen LogP contribution in [0.25, 0.3) is 0 Å². The molecule has 0 aliphatic rings. The van der Waals surface area contributed by atoms with Crippen LogP contribution in [0.2, 0.25) is 0 Å². The molecule has 1 aromatic carbocycles. The van der Waals surface area contributed by atoms with E-state index in [9.17, 15) is 14.4 Å². The molecule has 5 nitrogen and oxygen atoms in total. The van der Waals surface area contributed by atoms with Gasteiger partial charge in [-0.1, -0.05) is 18.7 Å². The number of carbonyl (C=O) groups excluding carboxylic acids is 2. The van der Waals surface area contributed by atoms with Crippen LogP contribution in [0.4, 0.5) is 0 Å². The van der Waals surface area contributed by atoms with Gasteiger partial charge in [-0.15, -0.1) is 0 Å². The maximum atomic E-state index is 11.7. The molecule has 0 aromatic heterocycles. The lowest BCUT2D eigenvalue weighted by Gasteiger charge is -2.11. The van der Waals surface area contributed by atoms with Gasteiger partial charge in [-0.2, -0.15) is 0 Å². The van der Waals surface area contributed by atoms with Gasteiger partial charge >= 0.3 is 11.9 Å². The van der Waals surface area contributed by atoms with E-state index in [1.54, 1.807) is 0 Å². The molecule has 93 valence electrons. The van der Waals surface area contributed by atoms with Crippen LogP contribution in [0.1, 0.15) is 20.7 Å². The Hall–Kier alpha value is -2.43. The first-order chi connectivity index (χ1) is 8.47. The van der Waals surface area contributed by atoms with Crippen molar-refractivity contribution in [2.75, 3.05) is 0 Å². The topological polar surface area (TPSA) is 80.7 Å². The second kappa shape index (κ2) is 5.77. The Morgan fingerprint density at radius 1 is 1.22 bits per heavy atom. The van der Waals surface area contributed by atoms with Crippen molar-refractivity contribution >= 4 is 17.7 Å². The maximum Gasteiger partial charge on any atom is 0.339 e. The molecule has 0 fully saturated rings. The number of carbonyl (C=O) groups is 3. The lowest BCUT2D eigenvalue weighted by molar-refractivity contribution is -0.120. The average Bonchev–Trinajstić information content (AvgIpc) is 2.37. The summed E-state index contributed by atoms with van der Waals surface area (Å²) in [7, 11) is 0. The number of hydrogen-bond donors (Lipinski definition) is 1. The summed E-state index contributed by atoms with van der Waals surface area (Å²) in [6.45, 7) is 6.57. The molecule has 1 rings (SSSR count). The summed E-state index contributed by atoms with van der Waals surface area (Å²) in [6, 6.07) is 5.55. The predicted octanol–water partition coefficient (Wildman–Crippen LogP) is 1.50. The van der Waals surface area contributed by atoms with Crippen LogP contribution in [0.15, 0.2) is 36.9 Å². The zero-order valence-corrected chi connectivity index (χ0v) is 9.46. The lowest BCUT2D eigenvalue weighted by atomic mass is 10.1. The van der Waals surface area contributed by atoms with Crippen molar-refractivity contribution in [3.05, 3.63) is 55.0 Å². The van der Waals surface area contributed by atoms with E-state index in [1.807, 2.05) is 0 Å². The Labute approximate surface area is 104 Å². The van der Waals surface area contributed by atoms with Crippen molar-refractivity contribution in [1.29, 1.82) is 0 Å². The van der Waals surface area contributed by atoms with Crippen molar-refractivity contribution in [3.8, 4) is 0 Å². The Morgan fingerprint density at radius 3 is 2.28 bits per heavy atom. The van der Waals surface area contributed by atoms with Crippen molar-refractivity contribution in [1.82, 2.24) is 0 Å². The van der Waals surface area contributed by atoms with Crippen molar-refractivity contribution in [2.24, 2.45) is 0 Å². The standard InChI is InChI=1S/C13H11O5/c1-3-11(14)8(2)18-13(17)10-7-5-4-6-9(10)12(15)16/h3-8H,1-2H2,(H,15,16). The first kappa shape index (κ1) is 13.6. The smallest absolute Gasteiger partial charge is 0.339 e. The largest absolute Gasteiger partial charge is 0.478 e. The van der Waals surface area contributed by atoms with Gasteiger partial charge in [0.05, 0.1) is 11.1 Å². The highest BCUT2D eigenvalue weighted by Crippen LogP contribution is 2.11. The Kier molecular flexibility index (Phi) is 4.37. The third kappa shape index (κ3) is 3.04. The fraction of sp³-hybridized carbons (Fsp3) is 0.0769. The zero-order valence-electron chi connectivity index (χ0n) is 9.46. The summed E-state index contributed by atoms with van der Waals surface area (Å²) in [5.41, 5.74) is -0.323. The van der Waals surface area contributed by atoms with Crippen molar-refractivity contribution in [3.63, 3.8) is 0 Å². The molecule has 0 aliphatic heterocycles. The van der Waals surface area contributed by atoms with E-state index in [1.165, 1.54) is 24.3 Å². The van der Waals surface area contributed by atoms with Gasteiger partial charge in [-0.3, -0.25) is 4.79 Å². The zero-order chi connectivity index (χ0) is 13.7. The van der Waals surface area contributed by atoms with Crippen LogP contribution in [-0.4, -0.2) is 28.9 Å². The summed E-state index contributed by atoms with van der Waals surface area (Å²) in [5, 5.41) is 8.90. The lowest BCUT2D eigenvalue weighted by Crippen LogP contribution is -2.24. The number of esters is 1. The summed E-state index contributed by atoms with van der Waals surface area (Å²) in [5.74, 6) is -2.72. The highest BCUT2D eigenvalue weighted by molar-refractivity contribution is 6.03. The van der Waals surface area contributed by atoms with Crippen molar-refractivity contribution < 1.29 is 24.2 Å². The molecular weight excluding hydrogens is 236 g/mol. The van der Waals surface area contributed by atoms with E-state index in [2.05, 4.69) is 13.5 Å². The molecule has 0 spiro atoms. The van der Waals surface area contributed by atoms with Gasteiger partial charge in [0.25, 0.3) is 0 Å². The highest BCUT2D eigenvalue weighted by Gasteiger charge is 2.21. The minimum Gasteiger partial charge on any atom is -0.478 e. The summed E-state index contributed by atoms with van der Waals surface area (Å²) < 4.78 is 4.75. The number of ether oxygens (including phenoxy) is 1. The molecule has 5 heteroatoms. The molecule has 1 atom stereocenters. The van der Waals surface area contributed by atoms with E-state index < -0.39 is 23.8 Å². The third-order valence-corrected chi connectivity index (χ3v) is 2.15. The molecule has 0 saturated heterocycles. The van der Waals surface area contributed by atoms with Crippen LogP contribution < -0.4 is 0 Å². The van der Waals surface area contributed by atoms with Crippen molar-refractivity contribution in [2.45, 2.75) is 6.10 Å². The summed E-state index contributed by atoms with van der Waals surface area (Å²) in [4.78, 5) is 33.7. The maximum absolute atomic E-state index is 11.7. The minimum absolute atomic E-state index is 0.129. The second-order valence-electron chi connectivity index (χ2n) is 3.35. The van der Waals surface area contributed by atoms with E-state index >= 15 is 0 Å². The molecular formula is C13H11O5. The summed E-state index contributed by atoms with van der Waals surface area (Å²) >= 11 is 0. The molecule has 0 bridgehead atoms. The number of carboxylic acids is 1. The van der Waals surface area contributed by atoms with Gasteiger partial charge in [-0.25, -0.2) is 9.59 Å². The normalized spacial score (nSPS) is 11.4. The molecule has 0 amide bonds. The third-order valence-electron chi connectivity index (χ3n) is 2.15. The van der Waals surface area contributed by atoms with E-state index in [-0.39, 0.29) is 11.1 Å². The van der Waals surface area contributed by atoms with E-state index in [0.717, 1.165) is 6.08 Å². The molecule has 1 unspecified atom stereocenters.